The minimum Gasteiger partial charge on any atom is -0.326 e. The Bertz CT molecular complexity index is 685. The van der Waals surface area contributed by atoms with Crippen LogP contribution in [0.4, 0.5) is 5.69 Å². The Balaban J connectivity index is 1.87. The molecule has 1 aromatic carbocycles. The quantitative estimate of drug-likeness (QED) is 0.733. The van der Waals surface area contributed by atoms with Crippen LogP contribution in [0.5, 0.6) is 0 Å². The lowest BCUT2D eigenvalue weighted by Gasteiger charge is -2.05. The molecule has 110 valence electrons. The fourth-order valence-corrected chi connectivity index (χ4v) is 2.92. The van der Waals surface area contributed by atoms with Gasteiger partial charge in [0, 0.05) is 18.5 Å². The number of thiophene rings is 1. The number of amides is 1. The lowest BCUT2D eigenvalue weighted by atomic mass is 10.2. The van der Waals surface area contributed by atoms with Gasteiger partial charge in [-0.25, -0.2) is 0 Å². The van der Waals surface area contributed by atoms with Crippen LogP contribution in [-0.4, -0.2) is 11.7 Å². The Hall–Kier alpha value is -1.07. The summed E-state index contributed by atoms with van der Waals surface area (Å²) in [4.78, 5) is 24.2. The molecule has 0 spiro atoms. The highest BCUT2D eigenvalue weighted by atomic mass is 35.5. The number of rotatable bonds is 5. The standard InChI is InChI=1S/C14H10Cl3NO2S/c15-9-2-1-8(7-10(9)16)18-14(20)6-3-11(19)12-4-5-13(17)21-12/h1-2,4-5,7H,3,6H2,(H,18,20). The average Bonchev–Trinajstić information content (AvgIpc) is 2.87. The van der Waals surface area contributed by atoms with Gasteiger partial charge in [-0.3, -0.25) is 9.59 Å². The molecule has 1 N–H and O–H groups in total. The summed E-state index contributed by atoms with van der Waals surface area (Å²) < 4.78 is 0.554. The van der Waals surface area contributed by atoms with E-state index in [4.69, 9.17) is 34.8 Å². The number of hydrogen-bond donors (Lipinski definition) is 1. The molecule has 7 heteroatoms. The third kappa shape index (κ3) is 4.71. The fourth-order valence-electron chi connectivity index (χ4n) is 1.61. The number of halogens is 3. The van der Waals surface area contributed by atoms with Crippen LogP contribution in [0.15, 0.2) is 30.3 Å². The number of hydrogen-bond acceptors (Lipinski definition) is 3. The van der Waals surface area contributed by atoms with Gasteiger partial charge >= 0.3 is 0 Å². The second kappa shape index (κ2) is 7.27. The number of carbonyl (C=O) groups is 2. The van der Waals surface area contributed by atoms with E-state index in [2.05, 4.69) is 5.32 Å². The summed E-state index contributed by atoms with van der Waals surface area (Å²) in [5, 5.41) is 3.44. The van der Waals surface area contributed by atoms with Crippen LogP contribution in [0.3, 0.4) is 0 Å². The number of Topliss-reactive ketones (excluding diaryl/α,β-unsaturated/α-hetero) is 1. The smallest absolute Gasteiger partial charge is 0.224 e. The van der Waals surface area contributed by atoms with Crippen LogP contribution in [0.1, 0.15) is 22.5 Å². The molecule has 0 saturated carbocycles. The van der Waals surface area contributed by atoms with E-state index >= 15 is 0 Å². The SMILES string of the molecule is O=C(CCC(=O)c1ccc(Cl)s1)Nc1ccc(Cl)c(Cl)c1. The van der Waals surface area contributed by atoms with E-state index in [0.29, 0.717) is 24.9 Å². The summed E-state index contributed by atoms with van der Waals surface area (Å²) in [5.41, 5.74) is 0.543. The van der Waals surface area contributed by atoms with Crippen molar-refractivity contribution in [1.29, 1.82) is 0 Å². The molecule has 0 atom stereocenters. The summed E-state index contributed by atoms with van der Waals surface area (Å²) >= 11 is 18.6. The fraction of sp³-hybridized carbons (Fsp3) is 0.143. The van der Waals surface area contributed by atoms with Gasteiger partial charge in [0.15, 0.2) is 5.78 Å². The Morgan fingerprint density at radius 2 is 1.76 bits per heavy atom. The van der Waals surface area contributed by atoms with Crippen molar-refractivity contribution in [2.45, 2.75) is 12.8 Å². The van der Waals surface area contributed by atoms with E-state index in [0.717, 1.165) is 0 Å². The highest BCUT2D eigenvalue weighted by molar-refractivity contribution is 7.18. The van der Waals surface area contributed by atoms with Gasteiger partial charge in [0.25, 0.3) is 0 Å². The highest BCUT2D eigenvalue weighted by Gasteiger charge is 2.12. The third-order valence-corrected chi connectivity index (χ3v) is 4.64. The second-order valence-corrected chi connectivity index (χ2v) is 6.73. The summed E-state index contributed by atoms with van der Waals surface area (Å²) in [6, 6.07) is 8.12. The van der Waals surface area contributed by atoms with Crippen molar-refractivity contribution in [3.63, 3.8) is 0 Å². The van der Waals surface area contributed by atoms with Crippen LogP contribution in [0.25, 0.3) is 0 Å². The maximum atomic E-state index is 11.8. The number of ketones is 1. The summed E-state index contributed by atoms with van der Waals surface area (Å²) in [6.45, 7) is 0. The molecule has 0 radical (unpaired) electrons. The van der Waals surface area contributed by atoms with Gasteiger partial charge in [0.05, 0.1) is 19.3 Å². The third-order valence-electron chi connectivity index (χ3n) is 2.63. The first-order valence-electron chi connectivity index (χ1n) is 5.99. The van der Waals surface area contributed by atoms with Gasteiger partial charge in [0.2, 0.25) is 5.91 Å². The topological polar surface area (TPSA) is 46.2 Å². The Morgan fingerprint density at radius 1 is 1.00 bits per heavy atom. The Morgan fingerprint density at radius 3 is 2.38 bits per heavy atom. The van der Waals surface area contributed by atoms with Crippen LogP contribution < -0.4 is 5.32 Å². The van der Waals surface area contributed by atoms with Gasteiger partial charge in [-0.1, -0.05) is 34.8 Å². The lowest BCUT2D eigenvalue weighted by molar-refractivity contribution is -0.116. The van der Waals surface area contributed by atoms with E-state index in [-0.39, 0.29) is 24.5 Å². The zero-order valence-corrected chi connectivity index (χ0v) is 13.7. The van der Waals surface area contributed by atoms with E-state index < -0.39 is 0 Å². The van der Waals surface area contributed by atoms with E-state index in [1.807, 2.05) is 0 Å². The first kappa shape index (κ1) is 16.3. The maximum Gasteiger partial charge on any atom is 0.224 e. The molecular formula is C14H10Cl3NO2S. The van der Waals surface area contributed by atoms with Gasteiger partial charge in [-0.05, 0) is 30.3 Å². The van der Waals surface area contributed by atoms with Gasteiger partial charge in [-0.15, -0.1) is 11.3 Å². The van der Waals surface area contributed by atoms with Crippen molar-refractivity contribution in [1.82, 2.24) is 0 Å². The van der Waals surface area contributed by atoms with Gasteiger partial charge in [-0.2, -0.15) is 0 Å². The molecular weight excluding hydrogens is 353 g/mol. The monoisotopic (exact) mass is 361 g/mol. The highest BCUT2D eigenvalue weighted by Crippen LogP contribution is 2.25. The van der Waals surface area contributed by atoms with Crippen molar-refractivity contribution in [3.8, 4) is 0 Å². The Kier molecular flexibility index (Phi) is 5.65. The van der Waals surface area contributed by atoms with Crippen molar-refractivity contribution >= 4 is 63.5 Å². The van der Waals surface area contributed by atoms with Gasteiger partial charge in [0.1, 0.15) is 0 Å². The van der Waals surface area contributed by atoms with E-state index in [1.54, 1.807) is 30.3 Å². The molecule has 0 fully saturated rings. The first-order chi connectivity index (χ1) is 9.95. The molecule has 21 heavy (non-hydrogen) atoms. The summed E-state index contributed by atoms with van der Waals surface area (Å²) in [6.07, 6.45) is 0.221. The minimum absolute atomic E-state index is 0.0919. The van der Waals surface area contributed by atoms with Crippen molar-refractivity contribution in [3.05, 3.63) is 49.6 Å². The molecule has 0 bridgehead atoms. The molecule has 1 amide bonds. The Labute approximate surface area is 140 Å². The van der Waals surface area contributed by atoms with Crippen molar-refractivity contribution in [2.75, 3.05) is 5.32 Å². The molecule has 1 aromatic heterocycles. The predicted octanol–water partition coefficient (Wildman–Crippen LogP) is 5.31. The second-order valence-electron chi connectivity index (χ2n) is 4.20. The maximum absolute atomic E-state index is 11.8. The van der Waals surface area contributed by atoms with Crippen molar-refractivity contribution in [2.24, 2.45) is 0 Å². The zero-order valence-electron chi connectivity index (χ0n) is 10.7. The first-order valence-corrected chi connectivity index (χ1v) is 7.94. The van der Waals surface area contributed by atoms with Crippen LogP contribution in [0, 0.1) is 0 Å². The molecule has 2 aromatic rings. The lowest BCUT2D eigenvalue weighted by Crippen LogP contribution is -2.13. The van der Waals surface area contributed by atoms with E-state index in [1.165, 1.54) is 11.3 Å². The normalized spacial score (nSPS) is 10.4. The molecule has 0 saturated heterocycles. The molecule has 0 aliphatic heterocycles. The largest absolute Gasteiger partial charge is 0.326 e. The zero-order chi connectivity index (χ0) is 15.4. The van der Waals surface area contributed by atoms with Crippen LogP contribution in [0.2, 0.25) is 14.4 Å². The predicted molar refractivity (Wildman–Crippen MR) is 88.0 cm³/mol. The molecule has 0 aliphatic rings. The van der Waals surface area contributed by atoms with Gasteiger partial charge < -0.3 is 5.32 Å². The molecule has 0 aliphatic carbocycles. The van der Waals surface area contributed by atoms with E-state index in [9.17, 15) is 9.59 Å². The molecule has 0 unspecified atom stereocenters. The molecule has 3 nitrogen and oxygen atoms in total. The van der Waals surface area contributed by atoms with Crippen LogP contribution >= 0.6 is 46.1 Å². The molecule has 2 rings (SSSR count). The average molecular weight is 363 g/mol. The number of benzene rings is 1. The molecule has 1 heterocycles. The minimum atomic E-state index is -0.260. The summed E-state index contributed by atoms with van der Waals surface area (Å²) in [7, 11) is 0. The number of carbonyl (C=O) groups excluding carboxylic acids is 2. The summed E-state index contributed by atoms with van der Waals surface area (Å²) in [5.74, 6) is -0.361. The number of anilines is 1. The van der Waals surface area contributed by atoms with Crippen molar-refractivity contribution < 1.29 is 9.59 Å². The van der Waals surface area contributed by atoms with Crippen LogP contribution in [-0.2, 0) is 4.79 Å². The number of nitrogens with one attached hydrogen (secondary N) is 1.